The normalized spacial score (nSPS) is 13.4. The zero-order valence-corrected chi connectivity index (χ0v) is 28.2. The number of fused-ring (bicyclic) bond motifs is 9. The number of anilines is 3. The fourth-order valence-electron chi connectivity index (χ4n) is 7.97. The van der Waals surface area contributed by atoms with Crippen molar-refractivity contribution >= 4 is 50.0 Å². The Labute approximate surface area is 295 Å². The van der Waals surface area contributed by atoms with Gasteiger partial charge in [0.1, 0.15) is 5.58 Å². The number of para-hydroxylation sites is 2. The van der Waals surface area contributed by atoms with Gasteiger partial charge in [-0.25, -0.2) is 9.97 Å². The number of hydrogen-bond donors (Lipinski definition) is 0. The summed E-state index contributed by atoms with van der Waals surface area (Å²) < 4.78 is 6.89. The molecular formula is C46H32N4O. The molecule has 1 aliphatic heterocycles. The van der Waals surface area contributed by atoms with Crippen LogP contribution in [-0.2, 0) is 5.41 Å². The van der Waals surface area contributed by atoms with E-state index in [1.54, 1.807) is 0 Å². The lowest BCUT2D eigenvalue weighted by atomic mass is 9.71. The highest BCUT2D eigenvalue weighted by Crippen LogP contribution is 2.57. The van der Waals surface area contributed by atoms with Crippen LogP contribution in [0.15, 0.2) is 162 Å². The van der Waals surface area contributed by atoms with Gasteiger partial charge < -0.3 is 4.42 Å². The topological polar surface area (TPSA) is 55.1 Å². The number of nitrogens with zero attached hydrogens (tertiary/aromatic N) is 4. The van der Waals surface area contributed by atoms with E-state index < -0.39 is 0 Å². The van der Waals surface area contributed by atoms with Crippen LogP contribution >= 0.6 is 0 Å². The van der Waals surface area contributed by atoms with Gasteiger partial charge in [0.15, 0.2) is 5.58 Å². The summed E-state index contributed by atoms with van der Waals surface area (Å²) in [5, 5.41) is 4.31. The summed E-state index contributed by atoms with van der Waals surface area (Å²) in [6.07, 6.45) is 3.87. The summed E-state index contributed by atoms with van der Waals surface area (Å²) in [6.45, 7) is 4.61. The van der Waals surface area contributed by atoms with Crippen molar-refractivity contribution < 1.29 is 4.42 Å². The van der Waals surface area contributed by atoms with E-state index in [0.29, 0.717) is 5.95 Å². The lowest BCUT2D eigenvalue weighted by Gasteiger charge is -2.41. The van der Waals surface area contributed by atoms with E-state index in [2.05, 4.69) is 145 Å². The number of pyridine rings is 1. The Morgan fingerprint density at radius 3 is 2.06 bits per heavy atom. The van der Waals surface area contributed by atoms with Gasteiger partial charge in [-0.15, -0.1) is 0 Å². The lowest BCUT2D eigenvalue weighted by molar-refractivity contribution is 0.628. The zero-order chi connectivity index (χ0) is 34.1. The molecule has 0 amide bonds. The van der Waals surface area contributed by atoms with Crippen LogP contribution in [-0.4, -0.2) is 15.0 Å². The van der Waals surface area contributed by atoms with Crippen LogP contribution in [0.4, 0.5) is 17.3 Å². The summed E-state index contributed by atoms with van der Waals surface area (Å²) in [5.74, 6) is 0.579. The zero-order valence-electron chi connectivity index (χ0n) is 28.2. The van der Waals surface area contributed by atoms with E-state index in [4.69, 9.17) is 14.4 Å². The van der Waals surface area contributed by atoms with E-state index in [9.17, 15) is 0 Å². The predicted octanol–water partition coefficient (Wildman–Crippen LogP) is 12.0. The van der Waals surface area contributed by atoms with Gasteiger partial charge in [-0.2, -0.15) is 0 Å². The maximum absolute atomic E-state index is 6.89. The van der Waals surface area contributed by atoms with Crippen molar-refractivity contribution in [1.29, 1.82) is 0 Å². The molecule has 0 aliphatic carbocycles. The van der Waals surface area contributed by atoms with E-state index in [1.165, 1.54) is 5.56 Å². The van der Waals surface area contributed by atoms with Crippen LogP contribution in [0, 0.1) is 0 Å². The molecule has 0 spiro atoms. The summed E-state index contributed by atoms with van der Waals surface area (Å²) >= 11 is 0. The SMILES string of the molecule is CC1(C)c2ccccc2N(c2nc(-c3ccccc3)cc(-c3cccc(-c4ccccc4)c3)n2)c2c1c1ccncc1c1c2oc2ccccc21. The first-order chi connectivity index (χ1) is 25.1. The molecular weight excluding hydrogens is 625 g/mol. The maximum atomic E-state index is 6.89. The third-order valence-corrected chi connectivity index (χ3v) is 10.3. The molecule has 0 saturated heterocycles. The second-order valence-electron chi connectivity index (χ2n) is 13.7. The Morgan fingerprint density at radius 1 is 0.569 bits per heavy atom. The molecule has 0 radical (unpaired) electrons. The molecule has 3 aromatic heterocycles. The Balaban J connectivity index is 1.32. The molecule has 10 rings (SSSR count). The van der Waals surface area contributed by atoms with Gasteiger partial charge in [-0.05, 0) is 58.0 Å². The highest BCUT2D eigenvalue weighted by Gasteiger charge is 2.42. The van der Waals surface area contributed by atoms with Crippen molar-refractivity contribution in [2.45, 2.75) is 19.3 Å². The number of rotatable bonds is 4. The highest BCUT2D eigenvalue weighted by atomic mass is 16.3. The molecule has 51 heavy (non-hydrogen) atoms. The predicted molar refractivity (Wildman–Crippen MR) is 208 cm³/mol. The third-order valence-electron chi connectivity index (χ3n) is 10.3. The summed E-state index contributed by atoms with van der Waals surface area (Å²) in [5.41, 5.74) is 11.6. The van der Waals surface area contributed by atoms with Gasteiger partial charge in [0, 0.05) is 45.1 Å². The average Bonchev–Trinajstić information content (AvgIpc) is 3.59. The van der Waals surface area contributed by atoms with Gasteiger partial charge >= 0.3 is 0 Å². The van der Waals surface area contributed by atoms with Crippen LogP contribution in [0.25, 0.3) is 66.4 Å². The molecule has 1 aliphatic rings. The number of benzene rings is 6. The van der Waals surface area contributed by atoms with Crippen LogP contribution in [0.5, 0.6) is 0 Å². The Hall–Kier alpha value is -6.59. The summed E-state index contributed by atoms with van der Waals surface area (Å²) in [6, 6.07) is 50.6. The van der Waals surface area contributed by atoms with E-state index >= 15 is 0 Å². The van der Waals surface area contributed by atoms with Gasteiger partial charge in [0.2, 0.25) is 5.95 Å². The molecule has 242 valence electrons. The molecule has 0 unspecified atom stereocenters. The molecule has 5 heteroatoms. The minimum Gasteiger partial charge on any atom is -0.454 e. The second-order valence-corrected chi connectivity index (χ2v) is 13.7. The van der Waals surface area contributed by atoms with Gasteiger partial charge in [-0.3, -0.25) is 9.88 Å². The maximum Gasteiger partial charge on any atom is 0.235 e. The van der Waals surface area contributed by atoms with Gasteiger partial charge in [0.25, 0.3) is 0 Å². The first kappa shape index (κ1) is 29.3. The summed E-state index contributed by atoms with van der Waals surface area (Å²) in [4.78, 5) is 17.7. The van der Waals surface area contributed by atoms with Crippen molar-refractivity contribution in [3.05, 3.63) is 169 Å². The Bertz CT molecular complexity index is 2790. The Kier molecular flexibility index (Phi) is 6.46. The largest absolute Gasteiger partial charge is 0.454 e. The van der Waals surface area contributed by atoms with Crippen molar-refractivity contribution in [2.24, 2.45) is 0 Å². The molecule has 0 atom stereocenters. The monoisotopic (exact) mass is 656 g/mol. The first-order valence-electron chi connectivity index (χ1n) is 17.3. The molecule has 0 fully saturated rings. The Morgan fingerprint density at radius 2 is 1.24 bits per heavy atom. The fourth-order valence-corrected chi connectivity index (χ4v) is 7.97. The van der Waals surface area contributed by atoms with Gasteiger partial charge in [-0.1, -0.05) is 129 Å². The van der Waals surface area contributed by atoms with Crippen LogP contribution in [0.2, 0.25) is 0 Å². The molecule has 6 aromatic carbocycles. The van der Waals surface area contributed by atoms with E-state index in [0.717, 1.165) is 83.3 Å². The molecule has 5 nitrogen and oxygen atoms in total. The summed E-state index contributed by atoms with van der Waals surface area (Å²) in [7, 11) is 0. The lowest BCUT2D eigenvalue weighted by Crippen LogP contribution is -2.32. The first-order valence-corrected chi connectivity index (χ1v) is 17.3. The minimum atomic E-state index is -0.376. The van der Waals surface area contributed by atoms with E-state index in [-0.39, 0.29) is 5.41 Å². The quantitative estimate of drug-likeness (QED) is 0.189. The smallest absolute Gasteiger partial charge is 0.235 e. The van der Waals surface area contributed by atoms with Crippen molar-refractivity contribution in [3.63, 3.8) is 0 Å². The van der Waals surface area contributed by atoms with Crippen LogP contribution < -0.4 is 4.90 Å². The van der Waals surface area contributed by atoms with Crippen LogP contribution in [0.1, 0.15) is 25.0 Å². The minimum absolute atomic E-state index is 0.376. The second kappa shape index (κ2) is 11.2. The van der Waals surface area contributed by atoms with Crippen molar-refractivity contribution in [2.75, 3.05) is 4.90 Å². The molecule has 0 bridgehead atoms. The molecule has 9 aromatic rings. The number of hydrogen-bond acceptors (Lipinski definition) is 5. The number of furan rings is 1. The van der Waals surface area contributed by atoms with Crippen molar-refractivity contribution in [1.82, 2.24) is 15.0 Å². The highest BCUT2D eigenvalue weighted by molar-refractivity contribution is 6.24. The van der Waals surface area contributed by atoms with Crippen LogP contribution in [0.3, 0.4) is 0 Å². The molecule has 0 saturated carbocycles. The standard InChI is InChI=1S/C46H32N4O/c1-46(2)36-21-10-11-22-39(36)50(43-42(46)33-24-25-47-28-35(33)41-34-20-9-12-23-40(34)51-44(41)43)45-48-37(30-16-7-4-8-17-30)27-38(49-45)32-19-13-18-31(26-32)29-14-5-3-6-15-29/h3-28H,1-2H3. The molecule has 4 heterocycles. The van der Waals surface area contributed by atoms with Crippen molar-refractivity contribution in [3.8, 4) is 33.6 Å². The van der Waals surface area contributed by atoms with Gasteiger partial charge in [0.05, 0.1) is 22.8 Å². The average molecular weight is 657 g/mol. The molecule has 0 N–H and O–H groups in total. The number of aromatic nitrogens is 3. The fraction of sp³-hybridized carbons (Fsp3) is 0.0652. The third kappa shape index (κ3) is 4.51. The van der Waals surface area contributed by atoms with E-state index in [1.807, 2.05) is 36.7 Å².